The van der Waals surface area contributed by atoms with Gasteiger partial charge in [0.05, 0.1) is 0 Å². The van der Waals surface area contributed by atoms with Crippen LogP contribution in [0, 0.1) is 5.41 Å². The maximum Gasteiger partial charge on any atom is 0.631 e. The third kappa shape index (κ3) is 6.12. The van der Waals surface area contributed by atoms with Crippen LogP contribution in [0.15, 0.2) is 66.7 Å². The molecule has 0 atom stereocenters. The summed E-state index contributed by atoms with van der Waals surface area (Å²) in [6, 6.07) is 24.1. The standard InChI is InChI=1S/C22H20.BH3O3.3H4Si/c1-22(2)15-14-17-9-4-6-12-19(17)21(22)20-13-7-10-16-8-3-5-11-18(16)20;2-1(3)4;;;/h3-14H,15H2,1-2H3;2-4H;3*1H4. The van der Waals surface area contributed by atoms with E-state index in [9.17, 15) is 0 Å². The van der Waals surface area contributed by atoms with Gasteiger partial charge in [-0.3, -0.25) is 0 Å². The Kier molecular flexibility index (Phi) is 10.8. The summed E-state index contributed by atoms with van der Waals surface area (Å²) in [5, 5.41) is 26.9. The molecule has 0 amide bonds. The quantitative estimate of drug-likeness (QED) is 0.377. The first kappa shape index (κ1) is 27.3. The average Bonchev–Trinajstić information content (AvgIpc) is 2.60. The number of benzene rings is 3. The lowest BCUT2D eigenvalue weighted by atomic mass is 9.73. The zero-order valence-corrected chi connectivity index (χ0v) is 15.1. The van der Waals surface area contributed by atoms with Crippen molar-refractivity contribution in [3.8, 4) is 0 Å². The number of hydrogen-bond acceptors (Lipinski definition) is 3. The van der Waals surface area contributed by atoms with E-state index in [0.29, 0.717) is 0 Å². The van der Waals surface area contributed by atoms with Crippen molar-refractivity contribution < 1.29 is 15.1 Å². The summed E-state index contributed by atoms with van der Waals surface area (Å²) in [7, 11) is -2.17. The molecule has 0 heterocycles. The Hall–Kier alpha value is -1.74. The molecule has 0 fully saturated rings. The van der Waals surface area contributed by atoms with E-state index in [1.165, 1.54) is 32.3 Å². The fraction of sp³-hybridized carbons (Fsp3) is 0.182. The van der Waals surface area contributed by atoms with Crippen LogP contribution in [0.4, 0.5) is 0 Å². The summed E-state index contributed by atoms with van der Waals surface area (Å²) < 4.78 is 0. The molecule has 4 rings (SSSR count). The van der Waals surface area contributed by atoms with Crippen LogP contribution in [0.1, 0.15) is 25.8 Å². The molecule has 0 unspecified atom stereocenters. The second-order valence-electron chi connectivity index (χ2n) is 7.13. The summed E-state index contributed by atoms with van der Waals surface area (Å²) in [5.74, 6) is 0. The van der Waals surface area contributed by atoms with Gasteiger partial charge in [-0.25, -0.2) is 0 Å². The molecule has 3 nitrogen and oxygen atoms in total. The van der Waals surface area contributed by atoms with Crippen molar-refractivity contribution in [2.24, 2.45) is 5.41 Å². The van der Waals surface area contributed by atoms with Gasteiger partial charge in [0.25, 0.3) is 0 Å². The highest BCUT2D eigenvalue weighted by molar-refractivity contribution is 6.30. The summed E-state index contributed by atoms with van der Waals surface area (Å²) in [6.07, 6.45) is 3.46. The largest absolute Gasteiger partial charge is 0.631 e. The number of fused-ring (bicyclic) bond motifs is 2. The second kappa shape index (κ2) is 11.4. The molecule has 3 aromatic carbocycles. The monoisotopic (exact) mass is 442 g/mol. The van der Waals surface area contributed by atoms with Crippen LogP contribution < -0.4 is 10.4 Å². The average molecular weight is 443 g/mol. The van der Waals surface area contributed by atoms with Gasteiger partial charge in [0.15, 0.2) is 0 Å². The lowest BCUT2D eigenvalue weighted by Gasteiger charge is -2.31. The molecule has 0 saturated carbocycles. The van der Waals surface area contributed by atoms with E-state index in [4.69, 9.17) is 15.1 Å². The van der Waals surface area contributed by atoms with Gasteiger partial charge in [-0.15, -0.1) is 0 Å². The van der Waals surface area contributed by atoms with Gasteiger partial charge in [0.1, 0.15) is 0 Å². The van der Waals surface area contributed by atoms with Crippen LogP contribution in [0.5, 0.6) is 0 Å². The maximum absolute atomic E-state index is 7.17. The topological polar surface area (TPSA) is 60.7 Å². The van der Waals surface area contributed by atoms with Crippen molar-refractivity contribution in [1.29, 1.82) is 0 Å². The highest BCUT2D eigenvalue weighted by atomic mass is 28.1. The predicted octanol–water partition coefficient (Wildman–Crippen LogP) is -2.16. The van der Waals surface area contributed by atoms with E-state index in [0.717, 1.165) is 6.42 Å². The first-order valence-corrected chi connectivity index (χ1v) is 8.72. The van der Waals surface area contributed by atoms with E-state index in [2.05, 4.69) is 86.7 Å². The van der Waals surface area contributed by atoms with Crippen LogP contribution in [-0.2, 0) is 0 Å². The first-order chi connectivity index (χ1) is 12.4. The lowest BCUT2D eigenvalue weighted by molar-refractivity contribution is 0.278. The Labute approximate surface area is 186 Å². The van der Waals surface area contributed by atoms with E-state index in [1.807, 2.05) is 0 Å². The van der Waals surface area contributed by atoms with E-state index >= 15 is 0 Å². The molecule has 7 heteroatoms. The minimum atomic E-state index is -2.17. The highest BCUT2D eigenvalue weighted by Crippen LogP contribution is 2.39. The normalized spacial score (nSPS) is 13.2. The van der Waals surface area contributed by atoms with Crippen LogP contribution in [0.25, 0.3) is 22.4 Å². The van der Waals surface area contributed by atoms with E-state index < -0.39 is 7.32 Å². The third-order valence-electron chi connectivity index (χ3n) is 4.80. The third-order valence-corrected chi connectivity index (χ3v) is 4.80. The number of hydrogen-bond donors (Lipinski definition) is 3. The predicted molar refractivity (Wildman–Crippen MR) is 141 cm³/mol. The smallest absolute Gasteiger partial charge is 0.402 e. The minimum Gasteiger partial charge on any atom is -0.402 e. The molecule has 156 valence electrons. The Morgan fingerprint density at radius 1 is 0.759 bits per heavy atom. The van der Waals surface area contributed by atoms with Crippen molar-refractivity contribution in [3.63, 3.8) is 0 Å². The summed E-state index contributed by atoms with van der Waals surface area (Å²) in [6.45, 7) is 4.72. The molecule has 0 radical (unpaired) electrons. The van der Waals surface area contributed by atoms with Crippen molar-refractivity contribution in [3.05, 3.63) is 82.7 Å². The van der Waals surface area contributed by atoms with E-state index in [1.54, 1.807) is 0 Å². The summed E-state index contributed by atoms with van der Waals surface area (Å²) in [5.41, 5.74) is 3.00. The Bertz CT molecular complexity index is 1040. The van der Waals surface area contributed by atoms with Crippen LogP contribution in [0.3, 0.4) is 0 Å². The Balaban J connectivity index is 0.00000103. The molecule has 29 heavy (non-hydrogen) atoms. The fourth-order valence-corrected chi connectivity index (χ4v) is 3.69. The summed E-state index contributed by atoms with van der Waals surface area (Å²) >= 11 is 0. The molecule has 3 N–H and O–H groups in total. The van der Waals surface area contributed by atoms with Gasteiger partial charge in [-0.2, -0.15) is 0 Å². The number of rotatable bonds is 1. The summed E-state index contributed by atoms with van der Waals surface area (Å²) in [4.78, 5) is 0. The Morgan fingerprint density at radius 2 is 1.31 bits per heavy atom. The van der Waals surface area contributed by atoms with Gasteiger partial charge in [-0.05, 0) is 77.1 Å². The van der Waals surface area contributed by atoms with Gasteiger partial charge >= 0.3 is 7.32 Å². The maximum atomic E-state index is 7.17. The molecule has 0 spiro atoms. The minimum absolute atomic E-state index is 0. The molecular formula is C22H35BO3Si3. The van der Waals surface area contributed by atoms with Crippen molar-refractivity contribution in [2.45, 2.75) is 20.3 Å². The SMILES string of the molecule is CC1(C)CC=c2ccccc2=C1c1cccc2ccccc12.OB(O)O.[SiH4].[SiH4].[SiH4]. The molecule has 3 aromatic rings. The molecule has 1 aliphatic carbocycles. The zero-order chi connectivity index (χ0) is 18.7. The zero-order valence-electron chi connectivity index (χ0n) is 15.1. The molecule has 1 aliphatic rings. The van der Waals surface area contributed by atoms with Crippen molar-refractivity contribution in [2.75, 3.05) is 0 Å². The molecule has 0 aromatic heterocycles. The van der Waals surface area contributed by atoms with Crippen LogP contribution in [0.2, 0.25) is 0 Å². The van der Waals surface area contributed by atoms with Gasteiger partial charge in [0, 0.05) is 0 Å². The lowest BCUT2D eigenvalue weighted by Crippen LogP contribution is -2.36. The fourth-order valence-electron chi connectivity index (χ4n) is 3.69. The van der Waals surface area contributed by atoms with Crippen molar-refractivity contribution >= 4 is 62.6 Å². The van der Waals surface area contributed by atoms with E-state index in [-0.39, 0.29) is 38.3 Å². The second-order valence-corrected chi connectivity index (χ2v) is 7.13. The molecule has 0 saturated heterocycles. The van der Waals surface area contributed by atoms with Crippen molar-refractivity contribution in [1.82, 2.24) is 0 Å². The Morgan fingerprint density at radius 3 is 2.00 bits per heavy atom. The van der Waals surface area contributed by atoms with Crippen LogP contribution in [-0.4, -0.2) is 55.3 Å². The molecule has 0 aliphatic heterocycles. The first-order valence-electron chi connectivity index (χ1n) is 8.72. The van der Waals surface area contributed by atoms with Gasteiger partial charge in [0.2, 0.25) is 0 Å². The molecular weight excluding hydrogens is 407 g/mol. The molecule has 0 bridgehead atoms. The van der Waals surface area contributed by atoms with Crippen LogP contribution >= 0.6 is 0 Å². The van der Waals surface area contributed by atoms with Gasteiger partial charge < -0.3 is 15.1 Å². The van der Waals surface area contributed by atoms with Gasteiger partial charge in [-0.1, -0.05) is 86.7 Å². The highest BCUT2D eigenvalue weighted by Gasteiger charge is 2.27.